The molecule has 114 valence electrons. The average Bonchev–Trinajstić information content (AvgIpc) is 2.43. The summed E-state index contributed by atoms with van der Waals surface area (Å²) in [6.45, 7) is 2.76. The van der Waals surface area contributed by atoms with Crippen molar-refractivity contribution in [3.05, 3.63) is 21.6 Å². The van der Waals surface area contributed by atoms with Crippen molar-refractivity contribution in [2.75, 3.05) is 25.1 Å². The van der Waals surface area contributed by atoms with Crippen molar-refractivity contribution in [2.45, 2.75) is 25.9 Å². The van der Waals surface area contributed by atoms with Crippen molar-refractivity contribution in [2.24, 2.45) is 5.92 Å². The molecule has 0 spiro atoms. The number of aliphatic hydroxyl groups is 3. The standard InChI is InChI=1S/C12H20ClN3O4/c1-8(2)4-16-11(20)10(13)9(3-14-16)15-12(5-17,6-18)7-19/h3,8,15,17-19H,4-7H2,1-2H3. The molecule has 0 radical (unpaired) electrons. The van der Waals surface area contributed by atoms with Crippen LogP contribution in [0.15, 0.2) is 11.0 Å². The summed E-state index contributed by atoms with van der Waals surface area (Å²) in [7, 11) is 0. The third-order valence-corrected chi connectivity index (χ3v) is 3.20. The molecule has 7 nitrogen and oxygen atoms in total. The van der Waals surface area contributed by atoms with Crippen LogP contribution in [0, 0.1) is 5.92 Å². The lowest BCUT2D eigenvalue weighted by molar-refractivity contribution is 0.0833. The van der Waals surface area contributed by atoms with Gasteiger partial charge in [0.25, 0.3) is 5.56 Å². The van der Waals surface area contributed by atoms with Crippen molar-refractivity contribution in [3.63, 3.8) is 0 Å². The topological polar surface area (TPSA) is 108 Å². The number of anilines is 1. The van der Waals surface area contributed by atoms with Crippen LogP contribution < -0.4 is 10.9 Å². The molecule has 0 unspecified atom stereocenters. The van der Waals surface area contributed by atoms with E-state index in [2.05, 4.69) is 10.4 Å². The fourth-order valence-electron chi connectivity index (χ4n) is 1.58. The quantitative estimate of drug-likeness (QED) is 0.550. The highest BCUT2D eigenvalue weighted by molar-refractivity contribution is 6.32. The van der Waals surface area contributed by atoms with Crippen LogP contribution in [0.3, 0.4) is 0 Å². The summed E-state index contributed by atoms with van der Waals surface area (Å²) in [5.74, 6) is 0.237. The highest BCUT2D eigenvalue weighted by Crippen LogP contribution is 2.20. The maximum Gasteiger partial charge on any atom is 0.287 e. The van der Waals surface area contributed by atoms with Gasteiger partial charge >= 0.3 is 0 Å². The predicted octanol–water partition coefficient (Wildman–Crippen LogP) is -0.320. The molecule has 0 saturated carbocycles. The molecule has 0 amide bonds. The fourth-order valence-corrected chi connectivity index (χ4v) is 1.78. The summed E-state index contributed by atoms with van der Waals surface area (Å²) in [6.07, 6.45) is 1.34. The van der Waals surface area contributed by atoms with Gasteiger partial charge in [0, 0.05) is 6.54 Å². The van der Waals surface area contributed by atoms with E-state index in [0.717, 1.165) is 0 Å². The zero-order valence-corrected chi connectivity index (χ0v) is 12.3. The van der Waals surface area contributed by atoms with Crippen molar-refractivity contribution < 1.29 is 15.3 Å². The van der Waals surface area contributed by atoms with Gasteiger partial charge in [-0.1, -0.05) is 25.4 Å². The lowest BCUT2D eigenvalue weighted by atomic mass is 10.0. The molecule has 0 fully saturated rings. The number of aliphatic hydroxyl groups excluding tert-OH is 3. The van der Waals surface area contributed by atoms with Crippen molar-refractivity contribution in [1.29, 1.82) is 0 Å². The van der Waals surface area contributed by atoms with E-state index >= 15 is 0 Å². The smallest absolute Gasteiger partial charge is 0.287 e. The van der Waals surface area contributed by atoms with Crippen LogP contribution in [0.5, 0.6) is 0 Å². The summed E-state index contributed by atoms with van der Waals surface area (Å²) >= 11 is 5.98. The second-order valence-electron chi connectivity index (χ2n) is 5.13. The van der Waals surface area contributed by atoms with E-state index < -0.39 is 30.9 Å². The molecule has 0 bridgehead atoms. The minimum Gasteiger partial charge on any atom is -0.394 e. The Labute approximate surface area is 121 Å². The molecule has 0 aliphatic heterocycles. The van der Waals surface area contributed by atoms with Gasteiger partial charge in [-0.3, -0.25) is 4.79 Å². The van der Waals surface area contributed by atoms with Crippen LogP contribution in [0.25, 0.3) is 0 Å². The maximum absolute atomic E-state index is 12.0. The molecule has 8 heteroatoms. The van der Waals surface area contributed by atoms with Crippen LogP contribution in [0.1, 0.15) is 13.8 Å². The molecular weight excluding hydrogens is 286 g/mol. The Kier molecular flexibility index (Phi) is 5.94. The maximum atomic E-state index is 12.0. The normalized spacial score (nSPS) is 11.9. The Bertz CT molecular complexity index is 492. The molecule has 1 rings (SSSR count). The second kappa shape index (κ2) is 7.03. The van der Waals surface area contributed by atoms with Crippen LogP contribution in [-0.4, -0.2) is 50.5 Å². The lowest BCUT2D eigenvalue weighted by Crippen LogP contribution is -2.49. The molecule has 1 heterocycles. The van der Waals surface area contributed by atoms with Crippen LogP contribution in [0.4, 0.5) is 5.69 Å². The first-order valence-corrected chi connectivity index (χ1v) is 6.63. The summed E-state index contributed by atoms with van der Waals surface area (Å²) < 4.78 is 1.25. The van der Waals surface area contributed by atoms with E-state index in [0.29, 0.717) is 6.54 Å². The van der Waals surface area contributed by atoms with E-state index in [9.17, 15) is 20.1 Å². The molecule has 0 atom stereocenters. The number of aromatic nitrogens is 2. The lowest BCUT2D eigenvalue weighted by Gasteiger charge is -2.30. The van der Waals surface area contributed by atoms with Gasteiger partial charge < -0.3 is 20.6 Å². The summed E-state index contributed by atoms with van der Waals surface area (Å²) in [6, 6.07) is 0. The molecule has 1 aromatic rings. The van der Waals surface area contributed by atoms with Crippen LogP contribution in [-0.2, 0) is 6.54 Å². The third-order valence-electron chi connectivity index (χ3n) is 2.83. The van der Waals surface area contributed by atoms with E-state index in [1.54, 1.807) is 0 Å². The SMILES string of the molecule is CC(C)Cn1ncc(NC(CO)(CO)CO)c(Cl)c1=O. The summed E-state index contributed by atoms with van der Waals surface area (Å²) in [5.41, 5.74) is -1.66. The first-order chi connectivity index (χ1) is 9.39. The predicted molar refractivity (Wildman–Crippen MR) is 76.0 cm³/mol. The zero-order valence-electron chi connectivity index (χ0n) is 11.5. The summed E-state index contributed by atoms with van der Waals surface area (Å²) in [4.78, 5) is 12.0. The van der Waals surface area contributed by atoms with Crippen molar-refractivity contribution in [3.8, 4) is 0 Å². The third kappa shape index (κ3) is 3.69. The first kappa shape index (κ1) is 16.9. The Morgan fingerprint density at radius 3 is 2.35 bits per heavy atom. The molecule has 0 aliphatic carbocycles. The number of hydrogen-bond donors (Lipinski definition) is 4. The van der Waals surface area contributed by atoms with Crippen molar-refractivity contribution >= 4 is 17.3 Å². The first-order valence-electron chi connectivity index (χ1n) is 6.25. The van der Waals surface area contributed by atoms with E-state index in [4.69, 9.17) is 11.6 Å². The Morgan fingerprint density at radius 1 is 1.35 bits per heavy atom. The molecule has 0 saturated heterocycles. The second-order valence-corrected chi connectivity index (χ2v) is 5.51. The van der Waals surface area contributed by atoms with Crippen LogP contribution in [0.2, 0.25) is 5.02 Å². The van der Waals surface area contributed by atoms with Gasteiger partial charge in [0.05, 0.1) is 31.7 Å². The largest absolute Gasteiger partial charge is 0.394 e. The highest BCUT2D eigenvalue weighted by atomic mass is 35.5. The Balaban J connectivity index is 3.10. The molecule has 4 N–H and O–H groups in total. The average molecular weight is 306 g/mol. The van der Waals surface area contributed by atoms with E-state index in [-0.39, 0.29) is 16.6 Å². The Morgan fingerprint density at radius 2 is 1.90 bits per heavy atom. The molecule has 1 aromatic heterocycles. The molecule has 0 aliphatic rings. The van der Waals surface area contributed by atoms with Gasteiger partial charge in [-0.25, -0.2) is 4.68 Å². The monoisotopic (exact) mass is 305 g/mol. The fraction of sp³-hybridized carbons (Fsp3) is 0.667. The minimum atomic E-state index is -1.36. The number of nitrogens with zero attached hydrogens (tertiary/aromatic N) is 2. The van der Waals surface area contributed by atoms with Gasteiger partial charge in [-0.15, -0.1) is 0 Å². The van der Waals surface area contributed by atoms with Gasteiger partial charge in [0.2, 0.25) is 0 Å². The van der Waals surface area contributed by atoms with Gasteiger partial charge in [0.15, 0.2) is 0 Å². The summed E-state index contributed by atoms with van der Waals surface area (Å²) in [5, 5.41) is 34.3. The zero-order chi connectivity index (χ0) is 15.3. The minimum absolute atomic E-state index is 0.0969. The number of rotatable bonds is 7. The van der Waals surface area contributed by atoms with Crippen LogP contribution >= 0.6 is 11.6 Å². The number of halogens is 1. The highest BCUT2D eigenvalue weighted by Gasteiger charge is 2.29. The van der Waals surface area contributed by atoms with Gasteiger partial charge in [-0.05, 0) is 5.92 Å². The van der Waals surface area contributed by atoms with Crippen molar-refractivity contribution in [1.82, 2.24) is 9.78 Å². The number of hydrogen-bond acceptors (Lipinski definition) is 6. The number of nitrogens with one attached hydrogen (secondary N) is 1. The van der Waals surface area contributed by atoms with Gasteiger partial charge in [0.1, 0.15) is 10.6 Å². The molecular formula is C12H20ClN3O4. The molecule has 0 aromatic carbocycles. The van der Waals surface area contributed by atoms with E-state index in [1.807, 2.05) is 13.8 Å². The van der Waals surface area contributed by atoms with E-state index in [1.165, 1.54) is 10.9 Å². The Hall–Kier alpha value is -1.15. The molecule has 20 heavy (non-hydrogen) atoms. The van der Waals surface area contributed by atoms with Gasteiger partial charge in [-0.2, -0.15) is 5.10 Å².